The van der Waals surface area contributed by atoms with Gasteiger partial charge in [-0.15, -0.1) is 0 Å². The maximum Gasteiger partial charge on any atom is 0.376 e. The molecule has 0 bridgehead atoms. The van der Waals surface area contributed by atoms with Gasteiger partial charge in [0.2, 0.25) is 0 Å². The molecular formula is C13H12O4. The quantitative estimate of drug-likeness (QED) is 0.478. The number of ether oxygens (including phenoxy) is 1. The minimum Gasteiger partial charge on any atom is -0.496 e. The zero-order chi connectivity index (χ0) is 12.7. The number of hydrogen-bond acceptors (Lipinski definition) is 3. The number of ketones is 1. The smallest absolute Gasteiger partial charge is 0.376 e. The topological polar surface area (TPSA) is 63.6 Å². The SMILES string of the molecule is COc1ccccc1C=CC=CC(=O)C(=O)O. The summed E-state index contributed by atoms with van der Waals surface area (Å²) in [5.41, 5.74) is 0.849. The molecule has 0 saturated carbocycles. The summed E-state index contributed by atoms with van der Waals surface area (Å²) >= 11 is 0. The van der Waals surface area contributed by atoms with Gasteiger partial charge in [0.25, 0.3) is 5.78 Å². The average Bonchev–Trinajstić information content (AvgIpc) is 2.34. The van der Waals surface area contributed by atoms with Crippen molar-refractivity contribution in [3.63, 3.8) is 0 Å². The molecule has 0 aliphatic carbocycles. The van der Waals surface area contributed by atoms with Crippen LogP contribution in [0.3, 0.4) is 0 Å². The van der Waals surface area contributed by atoms with E-state index in [1.54, 1.807) is 19.3 Å². The Hall–Kier alpha value is -2.36. The first-order valence-electron chi connectivity index (χ1n) is 4.90. The minimum absolute atomic E-state index is 0.710. The van der Waals surface area contributed by atoms with Gasteiger partial charge in [-0.05, 0) is 12.1 Å². The summed E-state index contributed by atoms with van der Waals surface area (Å²) in [6.45, 7) is 0. The molecule has 1 aromatic carbocycles. The van der Waals surface area contributed by atoms with Crippen LogP contribution in [0, 0.1) is 0 Å². The van der Waals surface area contributed by atoms with Crippen LogP contribution in [0.25, 0.3) is 6.08 Å². The van der Waals surface area contributed by atoms with E-state index in [0.717, 1.165) is 11.6 Å². The number of methoxy groups -OCH3 is 1. The van der Waals surface area contributed by atoms with Crippen molar-refractivity contribution in [3.8, 4) is 5.75 Å². The summed E-state index contributed by atoms with van der Waals surface area (Å²) in [6.07, 6.45) is 5.68. The van der Waals surface area contributed by atoms with Crippen LogP contribution in [0.5, 0.6) is 5.75 Å². The average molecular weight is 232 g/mol. The molecule has 88 valence electrons. The van der Waals surface area contributed by atoms with Crippen LogP contribution in [0.1, 0.15) is 5.56 Å². The molecule has 0 spiro atoms. The number of benzene rings is 1. The molecule has 0 aromatic heterocycles. The largest absolute Gasteiger partial charge is 0.496 e. The Balaban J connectivity index is 2.71. The van der Waals surface area contributed by atoms with Gasteiger partial charge < -0.3 is 9.84 Å². The molecule has 0 saturated heterocycles. The summed E-state index contributed by atoms with van der Waals surface area (Å²) in [5.74, 6) is -1.71. The molecule has 0 amide bonds. The Labute approximate surface area is 98.8 Å². The molecule has 0 aliphatic rings. The molecular weight excluding hydrogens is 220 g/mol. The molecule has 0 unspecified atom stereocenters. The fraction of sp³-hybridized carbons (Fsp3) is 0.0769. The van der Waals surface area contributed by atoms with E-state index in [1.807, 2.05) is 24.3 Å². The van der Waals surface area contributed by atoms with Crippen molar-refractivity contribution in [3.05, 3.63) is 48.1 Å². The van der Waals surface area contributed by atoms with Crippen molar-refractivity contribution in [2.45, 2.75) is 0 Å². The monoisotopic (exact) mass is 232 g/mol. The van der Waals surface area contributed by atoms with E-state index in [1.165, 1.54) is 6.08 Å². The van der Waals surface area contributed by atoms with E-state index in [0.29, 0.717) is 5.75 Å². The lowest BCUT2D eigenvalue weighted by Crippen LogP contribution is -2.08. The fourth-order valence-electron chi connectivity index (χ4n) is 1.18. The third kappa shape index (κ3) is 3.95. The molecule has 1 rings (SSSR count). The van der Waals surface area contributed by atoms with Gasteiger partial charge in [0.05, 0.1) is 7.11 Å². The van der Waals surface area contributed by atoms with E-state index in [4.69, 9.17) is 9.84 Å². The number of rotatable bonds is 5. The van der Waals surface area contributed by atoms with E-state index >= 15 is 0 Å². The normalized spacial score (nSPS) is 10.9. The Morgan fingerprint density at radius 2 is 1.94 bits per heavy atom. The highest BCUT2D eigenvalue weighted by atomic mass is 16.5. The number of para-hydroxylation sites is 1. The third-order valence-electron chi connectivity index (χ3n) is 1.98. The second-order valence-electron chi connectivity index (χ2n) is 3.13. The maximum atomic E-state index is 10.7. The second kappa shape index (κ2) is 6.27. The molecule has 0 aliphatic heterocycles. The fourth-order valence-corrected chi connectivity index (χ4v) is 1.18. The maximum absolute atomic E-state index is 10.7. The Kier molecular flexibility index (Phi) is 4.69. The van der Waals surface area contributed by atoms with Crippen molar-refractivity contribution < 1.29 is 19.4 Å². The molecule has 4 heteroatoms. The molecule has 17 heavy (non-hydrogen) atoms. The Morgan fingerprint density at radius 3 is 2.59 bits per heavy atom. The highest BCUT2D eigenvalue weighted by Gasteiger charge is 2.04. The molecule has 0 fully saturated rings. The molecule has 1 N–H and O–H groups in total. The summed E-state index contributed by atoms with van der Waals surface area (Å²) in [7, 11) is 1.57. The highest BCUT2D eigenvalue weighted by Crippen LogP contribution is 2.18. The number of allylic oxidation sites excluding steroid dienone is 2. The van der Waals surface area contributed by atoms with Crippen LogP contribution < -0.4 is 4.74 Å². The first-order valence-corrected chi connectivity index (χ1v) is 4.90. The van der Waals surface area contributed by atoms with Crippen molar-refractivity contribution >= 4 is 17.8 Å². The summed E-state index contributed by atoms with van der Waals surface area (Å²) in [6, 6.07) is 7.36. The standard InChI is InChI=1S/C13H12O4/c1-17-12-9-5-3-7-10(12)6-2-4-8-11(14)13(15)16/h2-9H,1H3,(H,15,16). The summed E-state index contributed by atoms with van der Waals surface area (Å²) < 4.78 is 5.13. The number of carboxylic acids is 1. The van der Waals surface area contributed by atoms with Crippen LogP contribution in [-0.2, 0) is 9.59 Å². The Bertz CT molecular complexity index is 472. The lowest BCUT2D eigenvalue weighted by atomic mass is 10.2. The van der Waals surface area contributed by atoms with Gasteiger partial charge in [-0.3, -0.25) is 4.79 Å². The van der Waals surface area contributed by atoms with Crippen LogP contribution in [0.15, 0.2) is 42.5 Å². The van der Waals surface area contributed by atoms with Crippen molar-refractivity contribution in [1.29, 1.82) is 0 Å². The predicted octanol–water partition coefficient (Wildman–Crippen LogP) is 1.92. The number of aliphatic carboxylic acids is 1. The number of hydrogen-bond donors (Lipinski definition) is 1. The summed E-state index contributed by atoms with van der Waals surface area (Å²) in [4.78, 5) is 21.0. The van der Waals surface area contributed by atoms with Crippen molar-refractivity contribution in [2.75, 3.05) is 7.11 Å². The lowest BCUT2D eigenvalue weighted by molar-refractivity contribution is -0.146. The minimum atomic E-state index is -1.47. The first kappa shape index (κ1) is 12.7. The number of carbonyl (C=O) groups excluding carboxylic acids is 1. The van der Waals surface area contributed by atoms with Gasteiger partial charge in [-0.25, -0.2) is 4.79 Å². The first-order chi connectivity index (χ1) is 8.15. The van der Waals surface area contributed by atoms with E-state index < -0.39 is 11.8 Å². The van der Waals surface area contributed by atoms with Gasteiger partial charge in [0.15, 0.2) is 0 Å². The third-order valence-corrected chi connectivity index (χ3v) is 1.98. The van der Waals surface area contributed by atoms with Gasteiger partial charge in [-0.2, -0.15) is 0 Å². The highest BCUT2D eigenvalue weighted by molar-refractivity contribution is 6.37. The van der Waals surface area contributed by atoms with E-state index in [9.17, 15) is 9.59 Å². The number of carbonyl (C=O) groups is 2. The van der Waals surface area contributed by atoms with E-state index in [-0.39, 0.29) is 0 Å². The van der Waals surface area contributed by atoms with Crippen molar-refractivity contribution in [2.24, 2.45) is 0 Å². The van der Waals surface area contributed by atoms with Crippen LogP contribution >= 0.6 is 0 Å². The number of carboxylic acid groups (broad SMARTS) is 1. The Morgan fingerprint density at radius 1 is 1.24 bits per heavy atom. The summed E-state index contributed by atoms with van der Waals surface area (Å²) in [5, 5.41) is 8.34. The van der Waals surface area contributed by atoms with Crippen LogP contribution in [-0.4, -0.2) is 24.0 Å². The molecule has 0 atom stereocenters. The molecule has 0 heterocycles. The second-order valence-corrected chi connectivity index (χ2v) is 3.13. The van der Waals surface area contributed by atoms with Gasteiger partial charge in [0.1, 0.15) is 5.75 Å². The molecule has 4 nitrogen and oxygen atoms in total. The van der Waals surface area contributed by atoms with Crippen LogP contribution in [0.4, 0.5) is 0 Å². The molecule has 0 radical (unpaired) electrons. The van der Waals surface area contributed by atoms with Crippen molar-refractivity contribution in [1.82, 2.24) is 0 Å². The zero-order valence-corrected chi connectivity index (χ0v) is 9.29. The van der Waals surface area contributed by atoms with E-state index in [2.05, 4.69) is 0 Å². The van der Waals surface area contributed by atoms with Gasteiger partial charge in [0, 0.05) is 5.56 Å². The lowest BCUT2D eigenvalue weighted by Gasteiger charge is -2.02. The van der Waals surface area contributed by atoms with Crippen LogP contribution in [0.2, 0.25) is 0 Å². The predicted molar refractivity (Wildman–Crippen MR) is 63.8 cm³/mol. The van der Waals surface area contributed by atoms with Gasteiger partial charge in [-0.1, -0.05) is 36.4 Å². The van der Waals surface area contributed by atoms with Gasteiger partial charge >= 0.3 is 5.97 Å². The molecule has 1 aromatic rings. The zero-order valence-electron chi connectivity index (χ0n) is 9.29.